The van der Waals surface area contributed by atoms with Gasteiger partial charge in [-0.05, 0) is 11.1 Å². The molecule has 1 N–H and O–H groups in total. The first-order valence-electron chi connectivity index (χ1n) is 4.19. The first-order chi connectivity index (χ1) is 7.47. The SMILES string of the molecule is O=C(O)Cc1c(CBr)cnc(C(F)F)c1Cl. The van der Waals surface area contributed by atoms with Crippen LogP contribution < -0.4 is 0 Å². The van der Waals surface area contributed by atoms with E-state index in [0.29, 0.717) is 10.9 Å². The third-order valence-corrected chi connectivity index (χ3v) is 2.94. The highest BCUT2D eigenvalue weighted by Gasteiger charge is 2.20. The third kappa shape index (κ3) is 2.89. The van der Waals surface area contributed by atoms with Crippen molar-refractivity contribution < 1.29 is 18.7 Å². The highest BCUT2D eigenvalue weighted by molar-refractivity contribution is 9.08. The van der Waals surface area contributed by atoms with E-state index >= 15 is 0 Å². The van der Waals surface area contributed by atoms with Crippen LogP contribution in [-0.2, 0) is 16.5 Å². The van der Waals surface area contributed by atoms with E-state index < -0.39 is 24.5 Å². The number of carboxylic acid groups (broad SMARTS) is 1. The molecule has 7 heteroatoms. The summed E-state index contributed by atoms with van der Waals surface area (Å²) in [7, 11) is 0. The Labute approximate surface area is 104 Å². The van der Waals surface area contributed by atoms with Gasteiger partial charge in [-0.15, -0.1) is 0 Å². The van der Waals surface area contributed by atoms with Gasteiger partial charge in [0.05, 0.1) is 11.4 Å². The van der Waals surface area contributed by atoms with Crippen LogP contribution in [0.4, 0.5) is 8.78 Å². The molecule has 1 rings (SSSR count). The number of carboxylic acids is 1. The number of pyridine rings is 1. The molecule has 0 unspecified atom stereocenters. The smallest absolute Gasteiger partial charge is 0.307 e. The van der Waals surface area contributed by atoms with Crippen LogP contribution >= 0.6 is 27.5 Å². The van der Waals surface area contributed by atoms with Gasteiger partial charge in [-0.1, -0.05) is 27.5 Å². The molecule has 0 bridgehead atoms. The molecule has 0 saturated heterocycles. The fraction of sp³-hybridized carbons (Fsp3) is 0.333. The van der Waals surface area contributed by atoms with Crippen molar-refractivity contribution in [3.63, 3.8) is 0 Å². The lowest BCUT2D eigenvalue weighted by Gasteiger charge is -2.10. The van der Waals surface area contributed by atoms with Crippen LogP contribution in [0.15, 0.2) is 6.20 Å². The molecule has 1 aromatic rings. The van der Waals surface area contributed by atoms with E-state index in [-0.39, 0.29) is 10.6 Å². The van der Waals surface area contributed by atoms with Gasteiger partial charge in [0.1, 0.15) is 5.69 Å². The van der Waals surface area contributed by atoms with Crippen LogP contribution in [0.3, 0.4) is 0 Å². The molecule has 0 fully saturated rings. The lowest BCUT2D eigenvalue weighted by molar-refractivity contribution is -0.136. The molecule has 0 aliphatic carbocycles. The Balaban J connectivity index is 3.28. The van der Waals surface area contributed by atoms with Crippen molar-refractivity contribution >= 4 is 33.5 Å². The van der Waals surface area contributed by atoms with Crippen LogP contribution in [0.2, 0.25) is 5.02 Å². The largest absolute Gasteiger partial charge is 0.481 e. The molecule has 0 aliphatic rings. The molecule has 1 aromatic heterocycles. The summed E-state index contributed by atoms with van der Waals surface area (Å²) in [6, 6.07) is 0. The number of alkyl halides is 3. The molecule has 1 heterocycles. The summed E-state index contributed by atoms with van der Waals surface area (Å²) in [5, 5.41) is 8.70. The van der Waals surface area contributed by atoms with Crippen LogP contribution in [0.25, 0.3) is 0 Å². The number of aliphatic carboxylic acids is 1. The van der Waals surface area contributed by atoms with E-state index in [9.17, 15) is 13.6 Å². The summed E-state index contributed by atoms with van der Waals surface area (Å²) in [6.45, 7) is 0. The Bertz CT molecular complexity index is 415. The molecular formula is C9H7BrClF2NO2. The van der Waals surface area contributed by atoms with E-state index in [4.69, 9.17) is 16.7 Å². The minimum atomic E-state index is -2.82. The topological polar surface area (TPSA) is 50.2 Å². The van der Waals surface area contributed by atoms with E-state index in [1.807, 2.05) is 0 Å². The molecule has 0 amide bonds. The van der Waals surface area contributed by atoms with Crippen molar-refractivity contribution in [2.24, 2.45) is 0 Å². The zero-order valence-electron chi connectivity index (χ0n) is 7.88. The Kier molecular flexibility index (Phi) is 4.61. The minimum Gasteiger partial charge on any atom is -0.481 e. The van der Waals surface area contributed by atoms with E-state index in [0.717, 1.165) is 0 Å². The number of rotatable bonds is 4. The fourth-order valence-electron chi connectivity index (χ4n) is 1.19. The maximum Gasteiger partial charge on any atom is 0.307 e. The number of hydrogen-bond donors (Lipinski definition) is 1. The number of halogens is 4. The van der Waals surface area contributed by atoms with E-state index in [1.165, 1.54) is 6.20 Å². The van der Waals surface area contributed by atoms with Gasteiger partial charge in [-0.25, -0.2) is 8.78 Å². The maximum atomic E-state index is 12.5. The quantitative estimate of drug-likeness (QED) is 0.868. The Morgan fingerprint density at radius 1 is 1.62 bits per heavy atom. The first kappa shape index (κ1) is 13.3. The summed E-state index contributed by atoms with van der Waals surface area (Å²) in [5.41, 5.74) is 0.0933. The molecule has 0 saturated carbocycles. The Hall–Kier alpha value is -0.750. The van der Waals surface area contributed by atoms with Crippen molar-refractivity contribution in [3.05, 3.63) is 28.0 Å². The van der Waals surface area contributed by atoms with Gasteiger partial charge in [-0.2, -0.15) is 0 Å². The highest BCUT2D eigenvalue weighted by atomic mass is 79.9. The predicted molar refractivity (Wildman–Crippen MR) is 58.2 cm³/mol. The third-order valence-electron chi connectivity index (χ3n) is 1.92. The molecule has 0 spiro atoms. The average molecular weight is 315 g/mol. The van der Waals surface area contributed by atoms with Crippen LogP contribution in [0, 0.1) is 0 Å². The van der Waals surface area contributed by atoms with Gasteiger partial charge in [0.15, 0.2) is 0 Å². The normalized spacial score (nSPS) is 10.8. The van der Waals surface area contributed by atoms with Crippen LogP contribution in [0.5, 0.6) is 0 Å². The zero-order valence-corrected chi connectivity index (χ0v) is 10.2. The number of hydrogen-bond acceptors (Lipinski definition) is 2. The molecule has 0 atom stereocenters. The van der Waals surface area contributed by atoms with Crippen LogP contribution in [-0.4, -0.2) is 16.1 Å². The van der Waals surface area contributed by atoms with Crippen LogP contribution in [0.1, 0.15) is 23.2 Å². The lowest BCUT2D eigenvalue weighted by atomic mass is 10.1. The summed E-state index contributed by atoms with van der Waals surface area (Å²) in [4.78, 5) is 14.1. The molecule has 0 aromatic carbocycles. The fourth-order valence-corrected chi connectivity index (χ4v) is 1.99. The van der Waals surface area contributed by atoms with Crippen molar-refractivity contribution in [1.82, 2.24) is 4.98 Å². The van der Waals surface area contributed by atoms with E-state index in [1.54, 1.807) is 0 Å². The molecule has 16 heavy (non-hydrogen) atoms. The number of aromatic nitrogens is 1. The highest BCUT2D eigenvalue weighted by Crippen LogP contribution is 2.30. The predicted octanol–water partition coefficient (Wildman–Crippen LogP) is 3.19. The molecule has 3 nitrogen and oxygen atoms in total. The van der Waals surface area contributed by atoms with Gasteiger partial charge < -0.3 is 5.11 Å². The Morgan fingerprint density at radius 2 is 2.25 bits per heavy atom. The van der Waals surface area contributed by atoms with Gasteiger partial charge in [-0.3, -0.25) is 9.78 Å². The second-order valence-corrected chi connectivity index (χ2v) is 3.90. The first-order valence-corrected chi connectivity index (χ1v) is 5.69. The zero-order chi connectivity index (χ0) is 12.3. The van der Waals surface area contributed by atoms with Crippen molar-refractivity contribution in [1.29, 1.82) is 0 Å². The van der Waals surface area contributed by atoms with Gasteiger partial charge in [0.2, 0.25) is 0 Å². The van der Waals surface area contributed by atoms with Gasteiger partial charge >= 0.3 is 5.97 Å². The standard InChI is InChI=1S/C9H7BrClF2NO2/c10-2-4-3-14-8(9(12)13)7(11)5(4)1-6(15)16/h3,9H,1-2H2,(H,15,16). The molecule has 0 radical (unpaired) electrons. The second-order valence-electron chi connectivity index (χ2n) is 2.97. The summed E-state index contributed by atoms with van der Waals surface area (Å²) in [5.74, 6) is -1.13. The average Bonchev–Trinajstić information content (AvgIpc) is 2.19. The second kappa shape index (κ2) is 5.54. The minimum absolute atomic E-state index is 0.177. The summed E-state index contributed by atoms with van der Waals surface area (Å²) >= 11 is 8.82. The number of nitrogens with zero attached hydrogens (tertiary/aromatic N) is 1. The van der Waals surface area contributed by atoms with Crippen molar-refractivity contribution in [2.75, 3.05) is 0 Å². The van der Waals surface area contributed by atoms with Gasteiger partial charge in [0.25, 0.3) is 6.43 Å². The lowest BCUT2D eigenvalue weighted by Crippen LogP contribution is -2.07. The molecule has 88 valence electrons. The van der Waals surface area contributed by atoms with Crippen molar-refractivity contribution in [3.8, 4) is 0 Å². The monoisotopic (exact) mass is 313 g/mol. The molecular weight excluding hydrogens is 307 g/mol. The summed E-state index contributed by atoms with van der Waals surface area (Å²) in [6.07, 6.45) is -2.01. The number of carbonyl (C=O) groups is 1. The van der Waals surface area contributed by atoms with E-state index in [2.05, 4.69) is 20.9 Å². The Morgan fingerprint density at radius 3 is 2.69 bits per heavy atom. The van der Waals surface area contributed by atoms with Gasteiger partial charge in [0, 0.05) is 11.5 Å². The molecule has 0 aliphatic heterocycles. The summed E-state index contributed by atoms with van der Waals surface area (Å²) < 4.78 is 24.9. The van der Waals surface area contributed by atoms with Crippen molar-refractivity contribution in [2.45, 2.75) is 18.2 Å². The maximum absolute atomic E-state index is 12.5.